The largest absolute Gasteiger partial charge is 0.478 e. The van der Waals surface area contributed by atoms with Crippen LogP contribution in [0.15, 0.2) is 46.2 Å². The summed E-state index contributed by atoms with van der Waals surface area (Å²) in [4.78, 5) is 12.6. The van der Waals surface area contributed by atoms with E-state index in [9.17, 15) is 9.00 Å². The van der Waals surface area contributed by atoms with Crippen molar-refractivity contribution in [1.82, 2.24) is 0 Å². The van der Waals surface area contributed by atoms with Crippen molar-refractivity contribution in [1.29, 1.82) is 0 Å². The van der Waals surface area contributed by atoms with Gasteiger partial charge in [0.15, 0.2) is 0 Å². The van der Waals surface area contributed by atoms with Gasteiger partial charge in [-0.3, -0.25) is 0 Å². The summed E-state index contributed by atoms with van der Waals surface area (Å²) >= 11 is 0. The summed E-state index contributed by atoms with van der Waals surface area (Å²) in [6, 6.07) is 10.9. The minimum atomic E-state index is -1.31. The average Bonchev–Trinajstić information content (AvgIpc) is 2.58. The Bertz CT molecular complexity index is 734. The van der Waals surface area contributed by atoms with Gasteiger partial charge in [-0.25, -0.2) is 9.00 Å². The van der Waals surface area contributed by atoms with Gasteiger partial charge in [-0.1, -0.05) is 18.2 Å². The quantitative estimate of drug-likeness (QED) is 0.877. The second kappa shape index (κ2) is 4.87. The number of aromatic carboxylic acids is 1. The Morgan fingerprint density at radius 1 is 1.15 bits per heavy atom. The standard InChI is InChI=1S/C16H14O3S/c1-10-8-12(16(17)18)9-15-13(10)7-6-11-4-2-3-5-14(11)20(15)19/h2-5,8-9H,6-7H2,1H3,(H,17,18). The molecule has 2 aromatic rings. The Kier molecular flexibility index (Phi) is 3.18. The first-order chi connectivity index (χ1) is 9.58. The van der Waals surface area contributed by atoms with E-state index in [1.165, 1.54) is 0 Å². The number of carbonyl (C=O) groups is 1. The number of hydrogen-bond donors (Lipinski definition) is 1. The molecule has 0 bridgehead atoms. The van der Waals surface area contributed by atoms with Crippen molar-refractivity contribution in [3.8, 4) is 0 Å². The van der Waals surface area contributed by atoms with Crippen LogP contribution in [0.4, 0.5) is 0 Å². The van der Waals surface area contributed by atoms with Crippen LogP contribution in [0.3, 0.4) is 0 Å². The van der Waals surface area contributed by atoms with E-state index in [0.29, 0.717) is 4.90 Å². The molecule has 0 radical (unpaired) electrons. The van der Waals surface area contributed by atoms with Gasteiger partial charge >= 0.3 is 5.97 Å². The predicted octanol–water partition coefficient (Wildman–Crippen LogP) is 2.96. The Labute approximate surface area is 119 Å². The van der Waals surface area contributed by atoms with Crippen LogP contribution in [0, 0.1) is 6.92 Å². The third-order valence-electron chi connectivity index (χ3n) is 3.70. The minimum absolute atomic E-state index is 0.203. The second-order valence-electron chi connectivity index (χ2n) is 4.95. The van der Waals surface area contributed by atoms with E-state index < -0.39 is 16.8 Å². The highest BCUT2D eigenvalue weighted by molar-refractivity contribution is 7.85. The molecule has 1 heterocycles. The van der Waals surface area contributed by atoms with Crippen LogP contribution in [0.5, 0.6) is 0 Å². The van der Waals surface area contributed by atoms with Crippen LogP contribution < -0.4 is 0 Å². The van der Waals surface area contributed by atoms with Gasteiger partial charge in [0, 0.05) is 9.79 Å². The molecule has 102 valence electrons. The van der Waals surface area contributed by atoms with Crippen LogP contribution in [0.2, 0.25) is 0 Å². The molecule has 0 amide bonds. The smallest absolute Gasteiger partial charge is 0.335 e. The molecule has 1 atom stereocenters. The van der Waals surface area contributed by atoms with Gasteiger partial charge in [0.25, 0.3) is 0 Å². The molecule has 0 saturated heterocycles. The Balaban J connectivity index is 2.24. The molecule has 2 aromatic carbocycles. The van der Waals surface area contributed by atoms with Gasteiger partial charge in [-0.2, -0.15) is 0 Å². The number of rotatable bonds is 1. The zero-order valence-electron chi connectivity index (χ0n) is 11.1. The first kappa shape index (κ1) is 13.1. The molecule has 0 saturated carbocycles. The molecular formula is C16H14O3S. The molecule has 1 aliphatic rings. The summed E-state index contributed by atoms with van der Waals surface area (Å²) in [5.41, 5.74) is 3.21. The highest BCUT2D eigenvalue weighted by atomic mass is 32.2. The van der Waals surface area contributed by atoms with Crippen molar-refractivity contribution < 1.29 is 14.1 Å². The molecule has 0 aliphatic carbocycles. The summed E-state index contributed by atoms with van der Waals surface area (Å²) in [6.07, 6.45) is 1.63. The highest BCUT2D eigenvalue weighted by Crippen LogP contribution is 2.31. The average molecular weight is 286 g/mol. The molecule has 3 nitrogen and oxygen atoms in total. The maximum atomic E-state index is 12.8. The number of benzene rings is 2. The van der Waals surface area contributed by atoms with Gasteiger partial charge in [0.1, 0.15) is 0 Å². The van der Waals surface area contributed by atoms with Crippen molar-refractivity contribution in [2.24, 2.45) is 0 Å². The number of carboxylic acid groups (broad SMARTS) is 1. The molecule has 1 unspecified atom stereocenters. The maximum Gasteiger partial charge on any atom is 0.335 e. The summed E-state index contributed by atoms with van der Waals surface area (Å²) in [5, 5.41) is 9.16. The highest BCUT2D eigenvalue weighted by Gasteiger charge is 2.22. The summed E-state index contributed by atoms with van der Waals surface area (Å²) in [5.74, 6) is -0.981. The van der Waals surface area contributed by atoms with Crippen LogP contribution in [0.1, 0.15) is 27.0 Å². The van der Waals surface area contributed by atoms with Crippen molar-refractivity contribution in [2.75, 3.05) is 0 Å². The zero-order chi connectivity index (χ0) is 14.3. The van der Waals surface area contributed by atoms with Gasteiger partial charge in [0.2, 0.25) is 0 Å². The lowest BCUT2D eigenvalue weighted by Crippen LogP contribution is -2.04. The Hall–Kier alpha value is -1.94. The Morgan fingerprint density at radius 2 is 1.90 bits per heavy atom. The zero-order valence-corrected chi connectivity index (χ0v) is 11.9. The van der Waals surface area contributed by atoms with Gasteiger partial charge in [-0.15, -0.1) is 0 Å². The van der Waals surface area contributed by atoms with Crippen molar-refractivity contribution in [3.05, 3.63) is 58.7 Å². The van der Waals surface area contributed by atoms with E-state index in [-0.39, 0.29) is 5.56 Å². The van der Waals surface area contributed by atoms with Gasteiger partial charge < -0.3 is 5.11 Å². The topological polar surface area (TPSA) is 54.4 Å². The van der Waals surface area contributed by atoms with Crippen molar-refractivity contribution >= 4 is 16.8 Å². The normalized spacial score (nSPS) is 16.9. The van der Waals surface area contributed by atoms with E-state index in [4.69, 9.17) is 5.11 Å². The van der Waals surface area contributed by atoms with E-state index in [1.54, 1.807) is 12.1 Å². The van der Waals surface area contributed by atoms with E-state index >= 15 is 0 Å². The van der Waals surface area contributed by atoms with Crippen molar-refractivity contribution in [3.63, 3.8) is 0 Å². The third kappa shape index (κ3) is 2.06. The Morgan fingerprint density at radius 3 is 2.65 bits per heavy atom. The summed E-state index contributed by atoms with van der Waals surface area (Å²) < 4.78 is 12.8. The van der Waals surface area contributed by atoms with Crippen LogP contribution in [-0.4, -0.2) is 15.3 Å². The lowest BCUT2D eigenvalue weighted by Gasteiger charge is -2.10. The van der Waals surface area contributed by atoms with E-state index in [2.05, 4.69) is 0 Å². The molecule has 20 heavy (non-hydrogen) atoms. The lowest BCUT2D eigenvalue weighted by atomic mass is 9.99. The number of aryl methyl sites for hydroxylation is 2. The third-order valence-corrected chi connectivity index (χ3v) is 5.26. The second-order valence-corrected chi connectivity index (χ2v) is 6.37. The van der Waals surface area contributed by atoms with Crippen molar-refractivity contribution in [2.45, 2.75) is 29.6 Å². The molecule has 0 spiro atoms. The number of fused-ring (bicyclic) bond motifs is 2. The maximum absolute atomic E-state index is 12.8. The molecule has 0 aromatic heterocycles. The lowest BCUT2D eigenvalue weighted by molar-refractivity contribution is 0.0696. The van der Waals surface area contributed by atoms with E-state index in [0.717, 1.165) is 34.4 Å². The fourth-order valence-electron chi connectivity index (χ4n) is 2.66. The number of hydrogen-bond acceptors (Lipinski definition) is 2. The van der Waals surface area contributed by atoms with Crippen LogP contribution in [0.25, 0.3) is 0 Å². The number of carboxylic acids is 1. The first-order valence-electron chi connectivity index (χ1n) is 6.44. The molecule has 0 fully saturated rings. The van der Waals surface area contributed by atoms with E-state index in [1.807, 2.05) is 31.2 Å². The fourth-order valence-corrected chi connectivity index (χ4v) is 4.23. The fraction of sp³-hybridized carbons (Fsp3) is 0.188. The molecule has 4 heteroatoms. The molecule has 1 N–H and O–H groups in total. The van der Waals surface area contributed by atoms with Gasteiger partial charge in [0.05, 0.1) is 16.4 Å². The summed E-state index contributed by atoms with van der Waals surface area (Å²) in [6.45, 7) is 1.89. The van der Waals surface area contributed by atoms with Gasteiger partial charge in [-0.05, 0) is 54.7 Å². The summed E-state index contributed by atoms with van der Waals surface area (Å²) in [7, 11) is -1.31. The minimum Gasteiger partial charge on any atom is -0.478 e. The molecular weight excluding hydrogens is 272 g/mol. The molecule has 3 rings (SSSR count). The SMILES string of the molecule is Cc1cc(C(=O)O)cc2c1CCc1ccccc1S2=O. The van der Waals surface area contributed by atoms with Crippen LogP contribution in [-0.2, 0) is 23.6 Å². The monoisotopic (exact) mass is 286 g/mol. The van der Waals surface area contributed by atoms with Crippen LogP contribution >= 0.6 is 0 Å². The molecule has 1 aliphatic heterocycles. The first-order valence-corrected chi connectivity index (χ1v) is 7.59. The predicted molar refractivity (Wildman–Crippen MR) is 76.7 cm³/mol.